The van der Waals surface area contributed by atoms with Crippen LogP contribution in [-0.4, -0.2) is 30.9 Å². The highest BCUT2D eigenvalue weighted by atomic mass is 35.5. The first-order valence-electron chi connectivity index (χ1n) is 10.1. The fraction of sp³-hybridized carbons (Fsp3) is 0.455. The molecule has 1 aromatic heterocycles. The number of amides is 2. The summed E-state index contributed by atoms with van der Waals surface area (Å²) in [6, 6.07) is 11.6. The Morgan fingerprint density at radius 3 is 2.28 bits per heavy atom. The molecule has 1 fully saturated rings. The highest BCUT2D eigenvalue weighted by molar-refractivity contribution is 7.12. The predicted molar refractivity (Wildman–Crippen MR) is 121 cm³/mol. The Bertz CT molecular complexity index is 742. The van der Waals surface area contributed by atoms with E-state index < -0.39 is 0 Å². The molecule has 1 aliphatic carbocycles. The van der Waals surface area contributed by atoms with E-state index in [2.05, 4.69) is 16.0 Å². The summed E-state index contributed by atoms with van der Waals surface area (Å²) in [5, 5.41) is 11.3. The van der Waals surface area contributed by atoms with Crippen LogP contribution in [0, 0.1) is 0 Å². The monoisotopic (exact) mass is 435 g/mol. The van der Waals surface area contributed by atoms with Crippen LogP contribution in [0.15, 0.2) is 41.8 Å². The van der Waals surface area contributed by atoms with Crippen molar-refractivity contribution in [3.8, 4) is 0 Å². The molecule has 2 amide bonds. The third-order valence-electron chi connectivity index (χ3n) is 5.11. The van der Waals surface area contributed by atoms with E-state index in [1.165, 1.54) is 49.9 Å². The molecule has 5 nitrogen and oxygen atoms in total. The van der Waals surface area contributed by atoms with Crippen molar-refractivity contribution in [3.63, 3.8) is 0 Å². The molecule has 29 heavy (non-hydrogen) atoms. The molecule has 0 bridgehead atoms. The SMILES string of the molecule is Cl.O=C(NCCNC1CCCCCC1)c1ccc(CNC(=O)c2cccs2)cc1. The standard InChI is InChI=1S/C22H29N3O2S.ClH/c26-21(24-14-13-23-19-6-3-1-2-4-7-19)18-11-9-17(10-12-18)16-25-22(27)20-8-5-15-28-20;/h5,8-12,15,19,23H,1-4,6-7,13-14,16H2,(H,24,26)(H,25,27);1H. The number of rotatable bonds is 8. The maximum absolute atomic E-state index is 12.3. The summed E-state index contributed by atoms with van der Waals surface area (Å²) < 4.78 is 0. The van der Waals surface area contributed by atoms with Crippen LogP contribution in [0.25, 0.3) is 0 Å². The van der Waals surface area contributed by atoms with Crippen LogP contribution in [0.3, 0.4) is 0 Å². The van der Waals surface area contributed by atoms with Gasteiger partial charge in [0.1, 0.15) is 0 Å². The van der Waals surface area contributed by atoms with E-state index in [1.807, 2.05) is 23.6 Å². The first-order valence-corrected chi connectivity index (χ1v) is 11.0. The number of hydrogen-bond acceptors (Lipinski definition) is 4. The lowest BCUT2D eigenvalue weighted by atomic mass is 10.1. The minimum atomic E-state index is -0.0713. The molecule has 3 N–H and O–H groups in total. The summed E-state index contributed by atoms with van der Waals surface area (Å²) in [6.07, 6.45) is 7.82. The van der Waals surface area contributed by atoms with E-state index in [4.69, 9.17) is 0 Å². The van der Waals surface area contributed by atoms with Crippen molar-refractivity contribution >= 4 is 35.6 Å². The van der Waals surface area contributed by atoms with Crippen molar-refractivity contribution in [2.45, 2.75) is 51.1 Å². The summed E-state index contributed by atoms with van der Waals surface area (Å²) >= 11 is 1.42. The highest BCUT2D eigenvalue weighted by Crippen LogP contribution is 2.16. The largest absolute Gasteiger partial charge is 0.351 e. The lowest BCUT2D eigenvalue weighted by Crippen LogP contribution is -2.36. The third-order valence-corrected chi connectivity index (χ3v) is 5.98. The highest BCUT2D eigenvalue weighted by Gasteiger charge is 2.11. The van der Waals surface area contributed by atoms with Gasteiger partial charge in [-0.15, -0.1) is 23.7 Å². The van der Waals surface area contributed by atoms with Gasteiger partial charge in [-0.3, -0.25) is 9.59 Å². The molecule has 1 aliphatic rings. The van der Waals surface area contributed by atoms with Crippen LogP contribution in [-0.2, 0) is 6.54 Å². The van der Waals surface area contributed by atoms with E-state index in [0.717, 1.165) is 12.1 Å². The molecule has 0 unspecified atom stereocenters. The number of halogens is 1. The fourth-order valence-electron chi connectivity index (χ4n) is 3.49. The number of thiophene rings is 1. The van der Waals surface area contributed by atoms with Crippen LogP contribution in [0.5, 0.6) is 0 Å². The van der Waals surface area contributed by atoms with Crippen LogP contribution in [0.1, 0.15) is 64.1 Å². The second-order valence-corrected chi connectivity index (χ2v) is 8.20. The van der Waals surface area contributed by atoms with Gasteiger partial charge < -0.3 is 16.0 Å². The van der Waals surface area contributed by atoms with Crippen molar-refractivity contribution in [1.29, 1.82) is 0 Å². The Morgan fingerprint density at radius 2 is 1.62 bits per heavy atom. The Morgan fingerprint density at radius 1 is 0.897 bits per heavy atom. The number of benzene rings is 1. The molecule has 7 heteroatoms. The second kappa shape index (κ2) is 12.6. The van der Waals surface area contributed by atoms with E-state index in [0.29, 0.717) is 29.6 Å². The van der Waals surface area contributed by atoms with Gasteiger partial charge in [0.15, 0.2) is 0 Å². The number of carbonyl (C=O) groups is 2. The molecule has 2 aromatic rings. The second-order valence-electron chi connectivity index (χ2n) is 7.26. The normalized spacial score (nSPS) is 14.5. The van der Waals surface area contributed by atoms with Crippen molar-refractivity contribution in [2.24, 2.45) is 0 Å². The molecule has 1 heterocycles. The molecule has 158 valence electrons. The zero-order valence-electron chi connectivity index (χ0n) is 16.6. The molecule has 1 aromatic carbocycles. The molecule has 0 saturated heterocycles. The Labute approximate surface area is 183 Å². The number of carbonyl (C=O) groups excluding carboxylic acids is 2. The van der Waals surface area contributed by atoms with Gasteiger partial charge in [0.2, 0.25) is 0 Å². The predicted octanol–water partition coefficient (Wildman–Crippen LogP) is 4.14. The molecule has 1 saturated carbocycles. The number of nitrogens with one attached hydrogen (secondary N) is 3. The van der Waals surface area contributed by atoms with Crippen molar-refractivity contribution in [1.82, 2.24) is 16.0 Å². The summed E-state index contributed by atoms with van der Waals surface area (Å²) in [6.45, 7) is 1.89. The van der Waals surface area contributed by atoms with Crippen LogP contribution in [0.2, 0.25) is 0 Å². The van der Waals surface area contributed by atoms with Gasteiger partial charge in [-0.05, 0) is 42.0 Å². The van der Waals surface area contributed by atoms with Crippen LogP contribution in [0.4, 0.5) is 0 Å². The Balaban J connectivity index is 0.00000300. The van der Waals surface area contributed by atoms with Gasteiger partial charge in [-0.2, -0.15) is 0 Å². The number of hydrogen-bond donors (Lipinski definition) is 3. The maximum atomic E-state index is 12.3. The van der Waals surface area contributed by atoms with Gasteiger partial charge in [0.05, 0.1) is 4.88 Å². The van der Waals surface area contributed by atoms with Crippen molar-refractivity contribution < 1.29 is 9.59 Å². The molecule has 0 aliphatic heterocycles. The van der Waals surface area contributed by atoms with Crippen LogP contribution >= 0.6 is 23.7 Å². The van der Waals surface area contributed by atoms with E-state index in [9.17, 15) is 9.59 Å². The van der Waals surface area contributed by atoms with Gasteiger partial charge >= 0.3 is 0 Å². The van der Waals surface area contributed by atoms with Gasteiger partial charge in [-0.1, -0.05) is 43.9 Å². The average molecular weight is 436 g/mol. The van der Waals surface area contributed by atoms with Crippen molar-refractivity contribution in [2.75, 3.05) is 13.1 Å². The molecular weight excluding hydrogens is 406 g/mol. The molecule has 0 radical (unpaired) electrons. The van der Waals surface area contributed by atoms with Crippen LogP contribution < -0.4 is 16.0 Å². The topological polar surface area (TPSA) is 70.2 Å². The average Bonchev–Trinajstić information content (AvgIpc) is 3.14. The Hall–Kier alpha value is -1.89. The van der Waals surface area contributed by atoms with E-state index in [-0.39, 0.29) is 24.2 Å². The van der Waals surface area contributed by atoms with Gasteiger partial charge in [-0.25, -0.2) is 0 Å². The van der Waals surface area contributed by atoms with Crippen molar-refractivity contribution in [3.05, 3.63) is 57.8 Å². The lowest BCUT2D eigenvalue weighted by molar-refractivity contribution is 0.0945. The maximum Gasteiger partial charge on any atom is 0.261 e. The first kappa shape index (κ1) is 23.4. The lowest BCUT2D eigenvalue weighted by Gasteiger charge is -2.16. The smallest absolute Gasteiger partial charge is 0.261 e. The molecule has 0 spiro atoms. The Kier molecular flexibility index (Phi) is 10.2. The molecular formula is C22H30ClN3O2S. The summed E-state index contributed by atoms with van der Waals surface area (Å²) in [7, 11) is 0. The van der Waals surface area contributed by atoms with Gasteiger partial charge in [0.25, 0.3) is 11.8 Å². The fourth-order valence-corrected chi connectivity index (χ4v) is 4.13. The summed E-state index contributed by atoms with van der Waals surface area (Å²) in [5.74, 6) is -0.130. The van der Waals surface area contributed by atoms with E-state index in [1.54, 1.807) is 18.2 Å². The quantitative estimate of drug-likeness (QED) is 0.431. The summed E-state index contributed by atoms with van der Waals surface area (Å²) in [5.41, 5.74) is 1.61. The molecule has 0 atom stereocenters. The minimum absolute atomic E-state index is 0. The third kappa shape index (κ3) is 7.80. The first-order chi connectivity index (χ1) is 13.7. The summed E-state index contributed by atoms with van der Waals surface area (Å²) in [4.78, 5) is 24.9. The van der Waals surface area contributed by atoms with Gasteiger partial charge in [0, 0.05) is 31.2 Å². The zero-order valence-corrected chi connectivity index (χ0v) is 18.2. The minimum Gasteiger partial charge on any atom is -0.351 e. The zero-order chi connectivity index (χ0) is 19.6. The van der Waals surface area contributed by atoms with E-state index >= 15 is 0 Å². The molecule has 3 rings (SSSR count).